The molecule has 150 valence electrons. The van der Waals surface area contributed by atoms with Crippen LogP contribution in [0.25, 0.3) is 0 Å². The van der Waals surface area contributed by atoms with Crippen molar-refractivity contribution in [2.75, 3.05) is 13.1 Å². The van der Waals surface area contributed by atoms with Gasteiger partial charge in [-0.2, -0.15) is 0 Å². The van der Waals surface area contributed by atoms with Gasteiger partial charge >= 0.3 is 11.8 Å². The molecule has 0 aliphatic rings. The van der Waals surface area contributed by atoms with Crippen LogP contribution in [0.1, 0.15) is 24.7 Å². The van der Waals surface area contributed by atoms with Gasteiger partial charge < -0.3 is 10.6 Å². The van der Waals surface area contributed by atoms with Crippen LogP contribution in [0.3, 0.4) is 0 Å². The molecule has 2 amide bonds. The maximum absolute atomic E-state index is 13.2. The van der Waals surface area contributed by atoms with Gasteiger partial charge in [-0.1, -0.05) is 19.9 Å². The zero-order chi connectivity index (χ0) is 20.7. The van der Waals surface area contributed by atoms with Crippen LogP contribution in [0.15, 0.2) is 53.7 Å². The van der Waals surface area contributed by atoms with Gasteiger partial charge in [0.25, 0.3) is 0 Å². The first-order valence-corrected chi connectivity index (χ1v) is 10.2. The highest BCUT2D eigenvalue weighted by Gasteiger charge is 2.30. The molecule has 0 bridgehead atoms. The van der Waals surface area contributed by atoms with Crippen molar-refractivity contribution >= 4 is 21.7 Å². The van der Waals surface area contributed by atoms with E-state index in [0.29, 0.717) is 12.1 Å². The Balaban J connectivity index is 2.23. The zero-order valence-electron chi connectivity index (χ0n) is 15.6. The van der Waals surface area contributed by atoms with Crippen LogP contribution < -0.4 is 10.6 Å². The van der Waals surface area contributed by atoms with E-state index in [4.69, 9.17) is 0 Å². The zero-order valence-corrected chi connectivity index (χ0v) is 16.4. The predicted molar refractivity (Wildman–Crippen MR) is 101 cm³/mol. The second-order valence-electron chi connectivity index (χ2n) is 6.59. The summed E-state index contributed by atoms with van der Waals surface area (Å²) in [5, 5.41) is 3.64. The average molecular weight is 407 g/mol. The van der Waals surface area contributed by atoms with Gasteiger partial charge in [-0.25, -0.2) is 12.8 Å². The Hall–Kier alpha value is -2.81. The van der Waals surface area contributed by atoms with Crippen LogP contribution in [0.4, 0.5) is 4.39 Å². The molecule has 2 aromatic rings. The van der Waals surface area contributed by atoms with Gasteiger partial charge in [0.2, 0.25) is 0 Å². The second-order valence-corrected chi connectivity index (χ2v) is 8.72. The normalized spacial score (nSPS) is 12.4. The lowest BCUT2D eigenvalue weighted by Crippen LogP contribution is -2.43. The molecule has 0 aliphatic carbocycles. The van der Waals surface area contributed by atoms with E-state index < -0.39 is 32.7 Å². The minimum atomic E-state index is -3.97. The van der Waals surface area contributed by atoms with Crippen molar-refractivity contribution in [3.63, 3.8) is 0 Å². The number of benzene rings is 1. The predicted octanol–water partition coefficient (Wildman–Crippen LogP) is 1.62. The van der Waals surface area contributed by atoms with Gasteiger partial charge in [0.15, 0.2) is 9.84 Å². The maximum atomic E-state index is 13.2. The maximum Gasteiger partial charge on any atom is 0.309 e. The number of amides is 2. The largest absolute Gasteiger partial charge is 0.348 e. The van der Waals surface area contributed by atoms with E-state index in [-0.39, 0.29) is 17.4 Å². The van der Waals surface area contributed by atoms with E-state index >= 15 is 0 Å². The van der Waals surface area contributed by atoms with E-state index in [1.807, 2.05) is 13.8 Å². The molecule has 0 saturated carbocycles. The van der Waals surface area contributed by atoms with Gasteiger partial charge in [0.1, 0.15) is 11.1 Å². The van der Waals surface area contributed by atoms with Crippen LogP contribution in [-0.4, -0.2) is 38.3 Å². The number of carbonyl (C=O) groups is 2. The van der Waals surface area contributed by atoms with Gasteiger partial charge in [-0.3, -0.25) is 14.6 Å². The summed E-state index contributed by atoms with van der Waals surface area (Å²) < 4.78 is 39.2. The highest BCUT2D eigenvalue weighted by Crippen LogP contribution is 2.28. The van der Waals surface area contributed by atoms with E-state index in [0.717, 1.165) is 24.3 Å². The van der Waals surface area contributed by atoms with Crippen LogP contribution >= 0.6 is 0 Å². The number of halogens is 1. The third-order valence-electron chi connectivity index (χ3n) is 3.90. The molecule has 1 atom stereocenters. The first-order chi connectivity index (χ1) is 13.2. The van der Waals surface area contributed by atoms with Crippen molar-refractivity contribution in [3.05, 3.63) is 60.2 Å². The number of hydrogen-bond acceptors (Lipinski definition) is 5. The highest BCUT2D eigenvalue weighted by atomic mass is 32.2. The van der Waals surface area contributed by atoms with E-state index in [2.05, 4.69) is 15.6 Å². The van der Waals surface area contributed by atoms with Gasteiger partial charge in [0.05, 0.1) is 4.90 Å². The van der Waals surface area contributed by atoms with Crippen molar-refractivity contribution in [1.29, 1.82) is 0 Å². The summed E-state index contributed by atoms with van der Waals surface area (Å²) >= 11 is 0. The minimum Gasteiger partial charge on any atom is -0.348 e. The summed E-state index contributed by atoms with van der Waals surface area (Å²) in [4.78, 5) is 27.7. The molecule has 0 saturated heterocycles. The van der Waals surface area contributed by atoms with Crippen LogP contribution in [0.2, 0.25) is 0 Å². The number of rotatable bonds is 7. The number of sulfone groups is 1. The van der Waals surface area contributed by atoms with E-state index in [9.17, 15) is 22.4 Å². The van der Waals surface area contributed by atoms with Crippen molar-refractivity contribution < 1.29 is 22.4 Å². The van der Waals surface area contributed by atoms with Crippen molar-refractivity contribution in [1.82, 2.24) is 15.6 Å². The minimum absolute atomic E-state index is 0.0961. The van der Waals surface area contributed by atoms with Gasteiger partial charge in [-0.15, -0.1) is 0 Å². The summed E-state index contributed by atoms with van der Waals surface area (Å²) in [7, 11) is -3.97. The van der Waals surface area contributed by atoms with Crippen molar-refractivity contribution in [2.24, 2.45) is 5.92 Å². The Morgan fingerprint density at radius 1 is 1.04 bits per heavy atom. The van der Waals surface area contributed by atoms with Crippen LogP contribution in [-0.2, 0) is 19.4 Å². The van der Waals surface area contributed by atoms with Crippen LogP contribution in [0.5, 0.6) is 0 Å². The molecule has 1 aromatic carbocycles. The standard InChI is InChI=1S/C19H22FN3O4S/c1-13(2)10-22-18(24)19(25)23-12-17(14-4-3-9-21-11-14)28(26,27)16-7-5-15(20)6-8-16/h3-9,11,13,17H,10,12H2,1-2H3,(H,22,24)(H,23,25)/t17-/m0/s1. The molecule has 0 unspecified atom stereocenters. The lowest BCUT2D eigenvalue weighted by molar-refractivity contribution is -0.139. The Labute approximate surface area is 163 Å². The number of aromatic nitrogens is 1. The third kappa shape index (κ3) is 5.59. The molecule has 2 N–H and O–H groups in total. The first kappa shape index (κ1) is 21.5. The topological polar surface area (TPSA) is 105 Å². The van der Waals surface area contributed by atoms with Gasteiger partial charge in [-0.05, 0) is 41.8 Å². The molecule has 0 aliphatic heterocycles. The lowest BCUT2D eigenvalue weighted by atomic mass is 10.2. The average Bonchev–Trinajstić information content (AvgIpc) is 2.67. The fourth-order valence-electron chi connectivity index (χ4n) is 2.40. The Bertz CT molecular complexity index is 916. The smallest absolute Gasteiger partial charge is 0.309 e. The highest BCUT2D eigenvalue weighted by molar-refractivity contribution is 7.91. The fourth-order valence-corrected chi connectivity index (χ4v) is 4.05. The molecule has 1 heterocycles. The molecule has 7 nitrogen and oxygen atoms in total. The van der Waals surface area contributed by atoms with Crippen LogP contribution in [0, 0.1) is 11.7 Å². The quantitative estimate of drug-likeness (QED) is 0.536. The summed E-state index contributed by atoms with van der Waals surface area (Å²) in [5.74, 6) is -2.16. The summed E-state index contributed by atoms with van der Waals surface area (Å²) in [5.41, 5.74) is 0.342. The number of nitrogens with one attached hydrogen (secondary N) is 2. The number of pyridine rings is 1. The van der Waals surface area contributed by atoms with Crippen molar-refractivity contribution in [3.8, 4) is 0 Å². The Morgan fingerprint density at radius 3 is 2.18 bits per heavy atom. The second kappa shape index (κ2) is 9.41. The monoisotopic (exact) mass is 407 g/mol. The summed E-state index contributed by atoms with van der Waals surface area (Å²) in [6.07, 6.45) is 2.86. The molecular weight excluding hydrogens is 385 g/mol. The summed E-state index contributed by atoms with van der Waals surface area (Å²) in [6, 6.07) is 7.54. The molecule has 28 heavy (non-hydrogen) atoms. The van der Waals surface area contributed by atoms with Gasteiger partial charge in [0, 0.05) is 25.5 Å². The van der Waals surface area contributed by atoms with E-state index in [1.165, 1.54) is 12.4 Å². The SMILES string of the molecule is CC(C)CNC(=O)C(=O)NC[C@@H](c1cccnc1)S(=O)(=O)c1ccc(F)cc1. The molecule has 0 spiro atoms. The fraction of sp³-hybridized carbons (Fsp3) is 0.316. The van der Waals surface area contributed by atoms with Crippen molar-refractivity contribution in [2.45, 2.75) is 24.0 Å². The van der Waals surface area contributed by atoms with E-state index in [1.54, 1.807) is 12.1 Å². The number of carbonyl (C=O) groups excluding carboxylic acids is 2. The Kier molecular flexibility index (Phi) is 7.22. The molecule has 2 rings (SSSR count). The number of hydrogen-bond donors (Lipinski definition) is 2. The molecule has 0 radical (unpaired) electrons. The molecule has 1 aromatic heterocycles. The number of nitrogens with zero attached hydrogens (tertiary/aromatic N) is 1. The third-order valence-corrected chi connectivity index (χ3v) is 6.02. The lowest BCUT2D eigenvalue weighted by Gasteiger charge is -2.18. The Morgan fingerprint density at radius 2 is 1.64 bits per heavy atom. The summed E-state index contributed by atoms with van der Waals surface area (Å²) in [6.45, 7) is 3.75. The molecular formula is C19H22FN3O4S. The first-order valence-electron chi connectivity index (χ1n) is 8.67. The molecule has 0 fully saturated rings. The molecule has 9 heteroatoms.